The Morgan fingerprint density at radius 1 is 0.517 bits per heavy atom. The SMILES string of the molecule is CCCCCN(CCCCC)C(=S)[S-].CCCCCN(CCCCC)C(=S)[S-].[Pb]. The first-order valence-corrected chi connectivity index (χ1v) is 13.0. The van der Waals surface area contributed by atoms with Gasteiger partial charge in [0.05, 0.1) is 0 Å². The summed E-state index contributed by atoms with van der Waals surface area (Å²) in [6.07, 6.45) is 15.0. The van der Waals surface area contributed by atoms with Crippen molar-refractivity contribution in [3.63, 3.8) is 0 Å². The smallest absolute Gasteiger partial charge is 0.0162 e. The van der Waals surface area contributed by atoms with Crippen LogP contribution in [0.2, 0.25) is 0 Å². The molecule has 0 fully saturated rings. The number of rotatable bonds is 16. The average molecular weight is 672 g/mol. The van der Waals surface area contributed by atoms with Crippen molar-refractivity contribution in [2.75, 3.05) is 26.2 Å². The third-order valence-electron chi connectivity index (χ3n) is 4.64. The summed E-state index contributed by atoms with van der Waals surface area (Å²) < 4.78 is 1.30. The van der Waals surface area contributed by atoms with Gasteiger partial charge in [-0.1, -0.05) is 87.7 Å². The molecule has 0 aliphatic rings. The molecule has 0 heterocycles. The van der Waals surface area contributed by atoms with Gasteiger partial charge < -0.3 is 59.5 Å². The zero-order chi connectivity index (χ0) is 21.6. The van der Waals surface area contributed by atoms with Gasteiger partial charge in [0, 0.05) is 53.5 Å². The van der Waals surface area contributed by atoms with Gasteiger partial charge in [-0.2, -0.15) is 0 Å². The van der Waals surface area contributed by atoms with Crippen LogP contribution in [0.3, 0.4) is 0 Å². The maximum atomic E-state index is 5.06. The Hall–Kier alpha value is 1.14. The van der Waals surface area contributed by atoms with Crippen LogP contribution < -0.4 is 0 Å². The first kappa shape index (κ1) is 34.7. The first-order valence-electron chi connectivity index (χ1n) is 11.4. The van der Waals surface area contributed by atoms with Crippen molar-refractivity contribution in [1.29, 1.82) is 0 Å². The fourth-order valence-electron chi connectivity index (χ4n) is 2.80. The minimum absolute atomic E-state index is 0. The molecule has 0 aliphatic heterocycles. The molecule has 0 rings (SSSR count). The normalized spacial score (nSPS) is 9.79. The van der Waals surface area contributed by atoms with E-state index >= 15 is 0 Å². The Kier molecular flexibility index (Phi) is 32.6. The van der Waals surface area contributed by atoms with Gasteiger partial charge in [-0.25, -0.2) is 0 Å². The van der Waals surface area contributed by atoms with E-state index in [-0.39, 0.29) is 27.3 Å². The molecule has 0 unspecified atom stereocenters. The minimum Gasteiger partial charge on any atom is -0.411 e. The first-order chi connectivity index (χ1) is 13.4. The van der Waals surface area contributed by atoms with Gasteiger partial charge in [-0.05, 0) is 25.7 Å². The van der Waals surface area contributed by atoms with Crippen LogP contribution in [-0.4, -0.2) is 71.9 Å². The standard InChI is InChI=1S/2C11H23NS2.Pb/c2*1-3-5-7-9-12(11(13)14)10-8-6-4-2;/h2*3-10H2,1-2H3,(H,13,14);/p-2. The van der Waals surface area contributed by atoms with E-state index in [4.69, 9.17) is 49.7 Å². The molecule has 0 N–H and O–H groups in total. The molecule has 0 bridgehead atoms. The second-order valence-electron chi connectivity index (χ2n) is 7.33. The second-order valence-corrected chi connectivity index (χ2v) is 9.40. The van der Waals surface area contributed by atoms with E-state index in [0.717, 1.165) is 26.2 Å². The third kappa shape index (κ3) is 25.3. The van der Waals surface area contributed by atoms with Crippen LogP contribution in [0.15, 0.2) is 0 Å². The van der Waals surface area contributed by atoms with E-state index in [2.05, 4.69) is 37.5 Å². The van der Waals surface area contributed by atoms with Crippen molar-refractivity contribution in [1.82, 2.24) is 9.80 Å². The summed E-state index contributed by atoms with van der Waals surface area (Å²) in [6, 6.07) is 0. The van der Waals surface area contributed by atoms with Gasteiger partial charge in [-0.3, -0.25) is 0 Å². The van der Waals surface area contributed by atoms with Crippen molar-refractivity contribution in [2.45, 2.75) is 105 Å². The van der Waals surface area contributed by atoms with Crippen LogP contribution in [0.25, 0.3) is 0 Å². The molecule has 0 aromatic heterocycles. The number of nitrogens with zero attached hydrogens (tertiary/aromatic N) is 2. The molecule has 0 amide bonds. The number of hydrogen-bond donors (Lipinski definition) is 0. The fourth-order valence-corrected chi connectivity index (χ4v) is 3.53. The molecule has 0 atom stereocenters. The molecule has 0 spiro atoms. The molecule has 7 heteroatoms. The van der Waals surface area contributed by atoms with E-state index in [9.17, 15) is 0 Å². The molecule has 0 aromatic rings. The van der Waals surface area contributed by atoms with Crippen LogP contribution in [0.1, 0.15) is 105 Å². The summed E-state index contributed by atoms with van der Waals surface area (Å²) in [7, 11) is 0. The van der Waals surface area contributed by atoms with Crippen molar-refractivity contribution in [3.8, 4) is 0 Å². The van der Waals surface area contributed by atoms with E-state index in [1.807, 2.05) is 0 Å². The van der Waals surface area contributed by atoms with Crippen molar-refractivity contribution >= 4 is 85.6 Å². The molecule has 0 saturated carbocycles. The predicted molar refractivity (Wildman–Crippen MR) is 147 cm³/mol. The predicted octanol–water partition coefficient (Wildman–Crippen LogP) is 6.62. The maximum Gasteiger partial charge on any atom is 0.0162 e. The third-order valence-corrected chi connectivity index (χ3v) is 5.68. The van der Waals surface area contributed by atoms with Gasteiger partial charge in [-0.15, -0.1) is 0 Å². The fraction of sp³-hybridized carbons (Fsp3) is 0.909. The quantitative estimate of drug-likeness (QED) is 0.0783. The summed E-state index contributed by atoms with van der Waals surface area (Å²) in [4.78, 5) is 4.35. The number of thiocarbonyl (C=S) groups is 2. The van der Waals surface area contributed by atoms with Gasteiger partial charge in [0.1, 0.15) is 0 Å². The molecular formula is C22H44N2PbS4-2. The molecule has 172 valence electrons. The van der Waals surface area contributed by atoms with Gasteiger partial charge in [0.2, 0.25) is 0 Å². The molecule has 0 aliphatic carbocycles. The van der Waals surface area contributed by atoms with Crippen LogP contribution >= 0.6 is 24.4 Å². The van der Waals surface area contributed by atoms with E-state index in [0.29, 0.717) is 8.64 Å². The summed E-state index contributed by atoms with van der Waals surface area (Å²) in [5, 5.41) is 0. The van der Waals surface area contributed by atoms with Crippen LogP contribution in [-0.2, 0) is 25.3 Å². The van der Waals surface area contributed by atoms with Gasteiger partial charge in [0.25, 0.3) is 0 Å². The topological polar surface area (TPSA) is 6.48 Å². The summed E-state index contributed by atoms with van der Waals surface area (Å²) >= 11 is 20.2. The second kappa shape index (κ2) is 27.2. The van der Waals surface area contributed by atoms with Crippen LogP contribution in [0.4, 0.5) is 0 Å². The molecule has 0 saturated heterocycles. The van der Waals surface area contributed by atoms with Crippen molar-refractivity contribution in [2.24, 2.45) is 0 Å². The number of hydrogen-bond acceptors (Lipinski definition) is 4. The summed E-state index contributed by atoms with van der Waals surface area (Å²) in [6.45, 7) is 13.1. The summed E-state index contributed by atoms with van der Waals surface area (Å²) in [5.41, 5.74) is 0. The van der Waals surface area contributed by atoms with E-state index in [1.165, 1.54) is 77.0 Å². The monoisotopic (exact) mass is 672 g/mol. The van der Waals surface area contributed by atoms with Gasteiger partial charge >= 0.3 is 0 Å². The average Bonchev–Trinajstić information content (AvgIpc) is 2.66. The molecule has 0 aromatic carbocycles. The Bertz CT molecular complexity index is 317. The maximum absolute atomic E-state index is 5.06. The zero-order valence-corrected chi connectivity index (χ0v) is 26.5. The Balaban J connectivity index is -0.000000451. The van der Waals surface area contributed by atoms with E-state index < -0.39 is 0 Å². The Labute approximate surface area is 224 Å². The molecule has 29 heavy (non-hydrogen) atoms. The van der Waals surface area contributed by atoms with E-state index in [1.54, 1.807) is 0 Å². The van der Waals surface area contributed by atoms with Crippen LogP contribution in [0, 0.1) is 0 Å². The van der Waals surface area contributed by atoms with Crippen molar-refractivity contribution < 1.29 is 0 Å². The largest absolute Gasteiger partial charge is 0.411 e. The Morgan fingerprint density at radius 2 is 0.724 bits per heavy atom. The summed E-state index contributed by atoms with van der Waals surface area (Å²) in [5.74, 6) is 0. The zero-order valence-electron chi connectivity index (χ0n) is 19.3. The van der Waals surface area contributed by atoms with Gasteiger partial charge in [0.15, 0.2) is 0 Å². The molecular weight excluding hydrogens is 628 g/mol. The Morgan fingerprint density at radius 3 is 0.862 bits per heavy atom. The van der Waals surface area contributed by atoms with Crippen LogP contribution in [0.5, 0.6) is 0 Å². The van der Waals surface area contributed by atoms with Crippen molar-refractivity contribution in [3.05, 3.63) is 0 Å². The minimum atomic E-state index is 0. The molecule has 2 nitrogen and oxygen atoms in total. The number of unbranched alkanes of at least 4 members (excludes halogenated alkanes) is 8. The molecule has 4 radical (unpaired) electrons.